The van der Waals surface area contributed by atoms with E-state index in [1.165, 1.54) is 12.1 Å². The fourth-order valence-corrected chi connectivity index (χ4v) is 4.95. The van der Waals surface area contributed by atoms with Crippen LogP contribution in [0.5, 0.6) is 0 Å². The summed E-state index contributed by atoms with van der Waals surface area (Å²) in [4.78, 5) is 4.56. The number of halogens is 2. The molecule has 2 aromatic carbocycles. The summed E-state index contributed by atoms with van der Waals surface area (Å²) in [5, 5.41) is 7.82. The van der Waals surface area contributed by atoms with E-state index in [1.54, 1.807) is 18.3 Å². The van der Waals surface area contributed by atoms with Crippen molar-refractivity contribution < 1.29 is 17.2 Å². The van der Waals surface area contributed by atoms with Crippen LogP contribution in [0.4, 0.5) is 14.5 Å². The monoisotopic (exact) mass is 550 g/mol. The molecule has 39 heavy (non-hydrogen) atoms. The maximum absolute atomic E-state index is 14.6. The van der Waals surface area contributed by atoms with Crippen LogP contribution in [0.3, 0.4) is 0 Å². The molecule has 0 bridgehead atoms. The normalized spacial score (nSPS) is 11.9. The molecule has 0 saturated carbocycles. The summed E-state index contributed by atoms with van der Waals surface area (Å²) in [5.41, 5.74) is 4.64. The van der Waals surface area contributed by atoms with Crippen molar-refractivity contribution in [1.82, 2.24) is 24.5 Å². The van der Waals surface area contributed by atoms with Gasteiger partial charge in [-0.25, -0.2) is 22.2 Å². The third kappa shape index (κ3) is 6.15. The van der Waals surface area contributed by atoms with Crippen LogP contribution in [0.15, 0.2) is 73.3 Å². The van der Waals surface area contributed by atoms with Crippen molar-refractivity contribution in [3.8, 4) is 33.5 Å². The zero-order chi connectivity index (χ0) is 27.7. The minimum absolute atomic E-state index is 0.145. The van der Waals surface area contributed by atoms with Crippen molar-refractivity contribution in [1.29, 1.82) is 0 Å². The highest BCUT2D eigenvalue weighted by molar-refractivity contribution is 7.92. The van der Waals surface area contributed by atoms with Gasteiger partial charge in [0, 0.05) is 53.4 Å². The lowest BCUT2D eigenvalue weighted by Crippen LogP contribution is -2.26. The van der Waals surface area contributed by atoms with Crippen LogP contribution in [0.1, 0.15) is 13.8 Å². The molecule has 0 aliphatic rings. The van der Waals surface area contributed by atoms with Gasteiger partial charge >= 0.3 is 0 Å². The first-order valence-electron chi connectivity index (χ1n) is 12.4. The second-order valence-corrected chi connectivity index (χ2v) is 11.4. The molecule has 8 nitrogen and oxygen atoms in total. The Bertz CT molecular complexity index is 1760. The number of sulfonamides is 1. The van der Waals surface area contributed by atoms with Gasteiger partial charge < -0.3 is 5.32 Å². The number of nitrogens with zero attached hydrogens (tertiary/aromatic N) is 4. The predicted octanol–water partition coefficient (Wildman–Crippen LogP) is 5.18. The van der Waals surface area contributed by atoms with Crippen LogP contribution >= 0.6 is 0 Å². The highest BCUT2D eigenvalue weighted by Gasteiger charge is 2.15. The van der Waals surface area contributed by atoms with Crippen molar-refractivity contribution in [3.63, 3.8) is 0 Å². The molecular formula is C28H28F2N6O2S. The van der Waals surface area contributed by atoms with Crippen molar-refractivity contribution in [2.24, 2.45) is 0 Å². The summed E-state index contributed by atoms with van der Waals surface area (Å²) in [6.07, 6.45) is 8.39. The summed E-state index contributed by atoms with van der Waals surface area (Å²) < 4.78 is 58.3. The molecule has 202 valence electrons. The Kier molecular flexibility index (Phi) is 7.19. The fourth-order valence-electron chi connectivity index (χ4n) is 4.40. The molecule has 3 heterocycles. The van der Waals surface area contributed by atoms with Crippen molar-refractivity contribution in [2.45, 2.75) is 26.4 Å². The third-order valence-electron chi connectivity index (χ3n) is 6.15. The second kappa shape index (κ2) is 10.6. The number of benzene rings is 2. The Morgan fingerprint density at radius 2 is 1.74 bits per heavy atom. The lowest BCUT2D eigenvalue weighted by Gasteiger charge is -2.12. The Hall–Kier alpha value is -4.09. The minimum atomic E-state index is -3.60. The largest absolute Gasteiger partial charge is 0.313 e. The smallest absolute Gasteiger partial charge is 0.229 e. The quantitative estimate of drug-likeness (QED) is 0.264. The van der Waals surface area contributed by atoms with E-state index >= 15 is 0 Å². The number of pyridine rings is 1. The van der Waals surface area contributed by atoms with E-state index in [0.717, 1.165) is 42.6 Å². The lowest BCUT2D eigenvalue weighted by molar-refractivity contribution is 0.515. The van der Waals surface area contributed by atoms with Crippen LogP contribution in [-0.4, -0.2) is 46.4 Å². The molecule has 0 unspecified atom stereocenters. The van der Waals surface area contributed by atoms with Crippen molar-refractivity contribution in [2.75, 3.05) is 17.5 Å². The fraction of sp³-hybridized carbons (Fsp3) is 0.214. The topological polar surface area (TPSA) is 93.3 Å². The Morgan fingerprint density at radius 3 is 2.49 bits per heavy atom. The van der Waals surface area contributed by atoms with Gasteiger partial charge in [-0.3, -0.25) is 13.8 Å². The SMILES string of the molecule is CC(C)NCCn1cc(-c2ccn3c(-c4cc(NS(C)(=O)=O)cc(-c5ccc(F)cc5F)c4)cnc3c2)cn1. The van der Waals surface area contributed by atoms with E-state index in [2.05, 4.69) is 34.0 Å². The summed E-state index contributed by atoms with van der Waals surface area (Å²) >= 11 is 0. The number of anilines is 1. The van der Waals surface area contributed by atoms with E-state index in [4.69, 9.17) is 0 Å². The van der Waals surface area contributed by atoms with Gasteiger partial charge in [0.1, 0.15) is 17.3 Å². The Morgan fingerprint density at radius 1 is 0.949 bits per heavy atom. The van der Waals surface area contributed by atoms with E-state index in [-0.39, 0.29) is 11.3 Å². The van der Waals surface area contributed by atoms with Gasteiger partial charge in [-0.2, -0.15) is 5.10 Å². The molecule has 0 radical (unpaired) electrons. The van der Waals surface area contributed by atoms with E-state index < -0.39 is 21.7 Å². The van der Waals surface area contributed by atoms with Gasteiger partial charge in [0.25, 0.3) is 0 Å². The van der Waals surface area contributed by atoms with E-state index in [0.29, 0.717) is 28.5 Å². The highest BCUT2D eigenvalue weighted by atomic mass is 32.2. The number of aromatic nitrogens is 4. The predicted molar refractivity (Wildman–Crippen MR) is 149 cm³/mol. The van der Waals surface area contributed by atoms with Crippen LogP contribution < -0.4 is 10.0 Å². The molecule has 0 spiro atoms. The van der Waals surface area contributed by atoms with Gasteiger partial charge in [-0.1, -0.05) is 13.8 Å². The van der Waals surface area contributed by atoms with Gasteiger partial charge in [0.2, 0.25) is 10.0 Å². The maximum atomic E-state index is 14.6. The first-order valence-corrected chi connectivity index (χ1v) is 14.3. The molecule has 11 heteroatoms. The van der Waals surface area contributed by atoms with E-state index in [9.17, 15) is 17.2 Å². The van der Waals surface area contributed by atoms with Gasteiger partial charge in [0.05, 0.1) is 30.9 Å². The first-order chi connectivity index (χ1) is 18.6. The summed E-state index contributed by atoms with van der Waals surface area (Å²) in [6, 6.07) is 12.5. The zero-order valence-electron chi connectivity index (χ0n) is 21.7. The Balaban J connectivity index is 1.51. The molecule has 0 atom stereocenters. The number of hydrogen-bond donors (Lipinski definition) is 2. The molecule has 5 aromatic rings. The van der Waals surface area contributed by atoms with Crippen LogP contribution in [0.2, 0.25) is 0 Å². The summed E-state index contributed by atoms with van der Waals surface area (Å²) in [7, 11) is -3.60. The van der Waals surface area contributed by atoms with Gasteiger partial charge in [-0.15, -0.1) is 0 Å². The lowest BCUT2D eigenvalue weighted by atomic mass is 10.00. The zero-order valence-corrected chi connectivity index (χ0v) is 22.5. The number of rotatable bonds is 9. The van der Waals surface area contributed by atoms with Crippen LogP contribution in [-0.2, 0) is 16.6 Å². The highest BCUT2D eigenvalue weighted by Crippen LogP contribution is 2.33. The molecule has 0 saturated heterocycles. The molecule has 3 aromatic heterocycles. The molecule has 0 aliphatic carbocycles. The number of fused-ring (bicyclic) bond motifs is 1. The van der Waals surface area contributed by atoms with Crippen LogP contribution in [0.25, 0.3) is 39.2 Å². The number of nitrogens with one attached hydrogen (secondary N) is 2. The average Bonchev–Trinajstić information content (AvgIpc) is 3.49. The average molecular weight is 551 g/mol. The summed E-state index contributed by atoms with van der Waals surface area (Å²) in [6.45, 7) is 5.77. The van der Waals surface area contributed by atoms with Gasteiger partial charge in [-0.05, 0) is 53.6 Å². The number of imidazole rings is 1. The molecule has 0 amide bonds. The number of hydrogen-bond acceptors (Lipinski definition) is 5. The molecule has 5 rings (SSSR count). The molecule has 0 fully saturated rings. The molecule has 0 aliphatic heterocycles. The van der Waals surface area contributed by atoms with Crippen molar-refractivity contribution in [3.05, 3.63) is 85.0 Å². The van der Waals surface area contributed by atoms with E-state index in [1.807, 2.05) is 39.8 Å². The standard InChI is InChI=1S/C28H28F2N6O2S/c1-18(2)31-7-9-35-17-22(15-33-35)19-6-8-36-27(16-32-28(36)13-19)21-10-20(11-24(12-21)34-39(3,37)38)25-5-4-23(29)14-26(25)30/h4-6,8,10-18,31,34H,7,9H2,1-3H3. The first kappa shape index (κ1) is 26.5. The molecule has 2 N–H and O–H groups in total. The van der Waals surface area contributed by atoms with Gasteiger partial charge in [0.15, 0.2) is 0 Å². The van der Waals surface area contributed by atoms with Crippen molar-refractivity contribution >= 4 is 21.4 Å². The summed E-state index contributed by atoms with van der Waals surface area (Å²) in [5.74, 6) is -1.45. The minimum Gasteiger partial charge on any atom is -0.313 e. The third-order valence-corrected chi connectivity index (χ3v) is 6.75. The Labute approximate surface area is 225 Å². The molecular weight excluding hydrogens is 522 g/mol. The van der Waals surface area contributed by atoms with Crippen LogP contribution in [0, 0.1) is 11.6 Å². The maximum Gasteiger partial charge on any atom is 0.229 e. The second-order valence-electron chi connectivity index (χ2n) is 9.69.